The van der Waals surface area contributed by atoms with Gasteiger partial charge in [-0.25, -0.2) is 17.5 Å². The zero-order valence-corrected chi connectivity index (χ0v) is 23.2. The molecule has 3 rings (SSSR count). The molecule has 2 N–H and O–H groups in total. The third-order valence-corrected chi connectivity index (χ3v) is 8.79. The summed E-state index contributed by atoms with van der Waals surface area (Å²) in [4.78, 5) is 27.5. The van der Waals surface area contributed by atoms with Gasteiger partial charge in [0.2, 0.25) is 15.9 Å². The van der Waals surface area contributed by atoms with Crippen LogP contribution in [-0.2, 0) is 19.6 Å². The van der Waals surface area contributed by atoms with Crippen LogP contribution in [0.15, 0.2) is 42.5 Å². The maximum atomic E-state index is 14.5. The van der Waals surface area contributed by atoms with Crippen LogP contribution in [0.5, 0.6) is 0 Å². The number of piperidine rings is 1. The molecule has 1 fully saturated rings. The average Bonchev–Trinajstić information content (AvgIpc) is 2.81. The Balaban J connectivity index is 2.24. The molecule has 1 amide bonds. The summed E-state index contributed by atoms with van der Waals surface area (Å²) in [6.45, 7) is 4.88. The molecule has 1 heterocycles. The van der Waals surface area contributed by atoms with Gasteiger partial charge in [0.25, 0.3) is 0 Å². The quantitative estimate of drug-likeness (QED) is 0.397. The molecule has 7 nitrogen and oxygen atoms in total. The maximum absolute atomic E-state index is 14.5. The van der Waals surface area contributed by atoms with Crippen LogP contribution in [-0.4, -0.2) is 48.6 Å². The number of rotatable bonds is 10. The minimum Gasteiger partial charge on any atom is -0.481 e. The molecule has 2 aromatic rings. The van der Waals surface area contributed by atoms with Gasteiger partial charge in [0, 0.05) is 28.5 Å². The van der Waals surface area contributed by atoms with E-state index in [1.165, 1.54) is 19.1 Å². The lowest BCUT2D eigenvalue weighted by atomic mass is 9.67. The van der Waals surface area contributed by atoms with Crippen LogP contribution in [0.4, 0.5) is 4.39 Å². The van der Waals surface area contributed by atoms with Gasteiger partial charge in [0.05, 0.1) is 23.6 Å². The Morgan fingerprint density at radius 1 is 1.16 bits per heavy atom. The van der Waals surface area contributed by atoms with Gasteiger partial charge in [-0.3, -0.25) is 9.59 Å². The summed E-state index contributed by atoms with van der Waals surface area (Å²) < 4.78 is 41.6. The monoisotopic (exact) mass is 572 g/mol. The van der Waals surface area contributed by atoms with Crippen molar-refractivity contribution in [2.24, 2.45) is 5.41 Å². The van der Waals surface area contributed by atoms with Crippen molar-refractivity contribution in [2.45, 2.75) is 58.0 Å². The Bertz CT molecular complexity index is 1240. The van der Waals surface area contributed by atoms with Gasteiger partial charge in [-0.15, -0.1) is 0 Å². The first-order chi connectivity index (χ1) is 17.3. The number of carboxylic acids is 1. The van der Waals surface area contributed by atoms with Crippen molar-refractivity contribution in [3.63, 3.8) is 0 Å². The van der Waals surface area contributed by atoms with E-state index in [2.05, 4.69) is 4.72 Å². The Morgan fingerprint density at radius 2 is 1.81 bits per heavy atom. The van der Waals surface area contributed by atoms with Crippen LogP contribution in [0, 0.1) is 11.2 Å². The van der Waals surface area contributed by atoms with E-state index in [0.717, 1.165) is 0 Å². The van der Waals surface area contributed by atoms with Crippen LogP contribution >= 0.6 is 23.2 Å². The van der Waals surface area contributed by atoms with Crippen molar-refractivity contribution < 1.29 is 27.5 Å². The number of nitrogens with one attached hydrogen (secondary N) is 1. The molecule has 0 radical (unpaired) electrons. The number of likely N-dealkylation sites (tertiary alicyclic amines) is 1. The minimum atomic E-state index is -3.56. The second-order valence-electron chi connectivity index (χ2n) is 9.67. The Morgan fingerprint density at radius 3 is 2.35 bits per heavy atom. The van der Waals surface area contributed by atoms with Crippen molar-refractivity contribution in [1.82, 2.24) is 9.62 Å². The van der Waals surface area contributed by atoms with Crippen LogP contribution in [0.25, 0.3) is 0 Å². The largest absolute Gasteiger partial charge is 0.481 e. The molecular formula is C26H31Cl2FN2O5S. The number of aliphatic carboxylic acids is 1. The third kappa shape index (κ3) is 6.82. The van der Waals surface area contributed by atoms with E-state index in [9.17, 15) is 27.5 Å². The first kappa shape index (κ1) is 29.4. The molecule has 1 aliphatic rings. The molecule has 0 aliphatic carbocycles. The van der Waals surface area contributed by atoms with E-state index in [-0.39, 0.29) is 23.7 Å². The smallest absolute Gasteiger partial charge is 0.304 e. The van der Waals surface area contributed by atoms with Crippen molar-refractivity contribution >= 4 is 45.1 Å². The van der Waals surface area contributed by atoms with E-state index in [4.69, 9.17) is 23.2 Å². The second kappa shape index (κ2) is 11.7. The normalized spacial score (nSPS) is 23.2. The van der Waals surface area contributed by atoms with Gasteiger partial charge >= 0.3 is 5.97 Å². The van der Waals surface area contributed by atoms with Crippen LogP contribution < -0.4 is 4.72 Å². The van der Waals surface area contributed by atoms with Crippen molar-refractivity contribution in [3.05, 3.63) is 69.5 Å². The number of hydrogen-bond acceptors (Lipinski definition) is 4. The van der Waals surface area contributed by atoms with E-state index < -0.39 is 57.6 Å². The zero-order valence-electron chi connectivity index (χ0n) is 20.9. The van der Waals surface area contributed by atoms with E-state index in [1.54, 1.807) is 42.2 Å². The molecule has 202 valence electrons. The average molecular weight is 574 g/mol. The van der Waals surface area contributed by atoms with E-state index in [1.807, 2.05) is 6.92 Å². The minimum absolute atomic E-state index is 0.0533. The number of carbonyl (C=O) groups excluding carboxylic acids is 1. The molecule has 2 aromatic carbocycles. The fourth-order valence-corrected chi connectivity index (χ4v) is 6.10. The van der Waals surface area contributed by atoms with Crippen molar-refractivity contribution in [2.75, 3.05) is 12.3 Å². The number of halogens is 3. The molecule has 4 atom stereocenters. The molecule has 0 unspecified atom stereocenters. The molecule has 0 aromatic heterocycles. The summed E-state index contributed by atoms with van der Waals surface area (Å²) in [5.41, 5.74) is -0.102. The highest BCUT2D eigenvalue weighted by atomic mass is 35.5. The molecule has 0 saturated carbocycles. The first-order valence-electron chi connectivity index (χ1n) is 12.0. The van der Waals surface area contributed by atoms with Gasteiger partial charge in [-0.1, -0.05) is 49.2 Å². The number of nitrogens with zero attached hydrogens (tertiary/aromatic N) is 1. The number of hydrogen-bond donors (Lipinski definition) is 2. The van der Waals surface area contributed by atoms with Crippen molar-refractivity contribution in [3.8, 4) is 0 Å². The lowest BCUT2D eigenvalue weighted by Crippen LogP contribution is -2.58. The Labute approximate surface area is 227 Å². The predicted molar refractivity (Wildman–Crippen MR) is 142 cm³/mol. The lowest BCUT2D eigenvalue weighted by Gasteiger charge is -2.52. The van der Waals surface area contributed by atoms with Crippen LogP contribution in [0.3, 0.4) is 0 Å². The first-order valence-corrected chi connectivity index (χ1v) is 14.4. The molecule has 37 heavy (non-hydrogen) atoms. The summed E-state index contributed by atoms with van der Waals surface area (Å²) in [5, 5.41) is 10.3. The summed E-state index contributed by atoms with van der Waals surface area (Å²) in [6.07, 6.45) is 0.0764. The summed E-state index contributed by atoms with van der Waals surface area (Å²) in [7, 11) is -3.56. The van der Waals surface area contributed by atoms with Crippen LogP contribution in [0.1, 0.15) is 63.1 Å². The molecule has 0 spiro atoms. The van der Waals surface area contributed by atoms with Crippen LogP contribution in [0.2, 0.25) is 10.0 Å². The van der Waals surface area contributed by atoms with Gasteiger partial charge in [-0.2, -0.15) is 0 Å². The molecule has 11 heteroatoms. The third-order valence-electron chi connectivity index (χ3n) is 6.95. The fourth-order valence-electron chi connectivity index (χ4n) is 5.10. The maximum Gasteiger partial charge on any atom is 0.304 e. The second-order valence-corrected chi connectivity index (χ2v) is 12.6. The summed E-state index contributed by atoms with van der Waals surface area (Å²) >= 11 is 12.3. The van der Waals surface area contributed by atoms with Gasteiger partial charge in [0.1, 0.15) is 5.82 Å². The Kier molecular flexibility index (Phi) is 9.27. The number of amides is 1. The van der Waals surface area contributed by atoms with Crippen molar-refractivity contribution in [1.29, 1.82) is 0 Å². The van der Waals surface area contributed by atoms with E-state index >= 15 is 0 Å². The highest BCUT2D eigenvalue weighted by Crippen LogP contribution is 2.52. The lowest BCUT2D eigenvalue weighted by molar-refractivity contribution is -0.160. The number of carbonyl (C=O) groups is 2. The predicted octanol–water partition coefficient (Wildman–Crippen LogP) is 5.39. The Hall–Kier alpha value is -2.20. The number of carboxylic acid groups (broad SMARTS) is 1. The SMILES string of the molecule is CC[C@@H](CNS(=O)(=O)CC)N1C(=O)[C@](C)(CC(=O)O)C[C@H](c2cc(F)cc(Cl)c2)[C@H]1c1ccc(Cl)cc1. The van der Waals surface area contributed by atoms with Gasteiger partial charge in [0.15, 0.2) is 0 Å². The standard InChI is InChI=1S/C26H31Cl2FN2O5S/c1-4-21(15-30-37(35,36)5-2)31-24(16-6-8-18(27)9-7-16)22(17-10-19(28)12-20(29)11-17)13-26(3,25(31)34)14-23(32)33/h6-12,21-22,24,30H,4-5,13-15H2,1-3H3,(H,32,33)/t21-,22+,24+,26-/m0/s1. The number of sulfonamides is 1. The number of benzene rings is 2. The van der Waals surface area contributed by atoms with Gasteiger partial charge in [-0.05, 0) is 61.2 Å². The zero-order chi connectivity index (χ0) is 27.5. The molecule has 0 bridgehead atoms. The van der Waals surface area contributed by atoms with Gasteiger partial charge < -0.3 is 10.0 Å². The van der Waals surface area contributed by atoms with E-state index in [0.29, 0.717) is 22.6 Å². The highest BCUT2D eigenvalue weighted by molar-refractivity contribution is 7.89. The molecule has 1 aliphatic heterocycles. The summed E-state index contributed by atoms with van der Waals surface area (Å²) in [5.74, 6) is -2.76. The molecular weight excluding hydrogens is 542 g/mol. The topological polar surface area (TPSA) is 104 Å². The fraction of sp³-hybridized carbons (Fsp3) is 0.462. The summed E-state index contributed by atoms with van der Waals surface area (Å²) in [6, 6.07) is 9.79. The highest BCUT2D eigenvalue weighted by Gasteiger charge is 2.52. The molecule has 1 saturated heterocycles.